The molecule has 1 aromatic carbocycles. The zero-order valence-corrected chi connectivity index (χ0v) is 20.9. The van der Waals surface area contributed by atoms with Crippen molar-refractivity contribution in [3.63, 3.8) is 0 Å². The maximum absolute atomic E-state index is 13.7. The standard InChI is InChI=1S/C20H22FNO6S.C5H11N/c1-27-16-8-13(7-15(21)10-16)14-9-18(29-12-14)19(24)22-17(20(25)26)11-28-6-4-2-3-5-23;1-6-4-2-3-5-6/h5,7-10,12,17H,2-4,6,11H2,1H3,(H,22,24)(H,25,26);2-5H2,1H3. The van der Waals surface area contributed by atoms with Crippen molar-refractivity contribution in [2.24, 2.45) is 0 Å². The molecule has 1 saturated heterocycles. The number of halogens is 1. The summed E-state index contributed by atoms with van der Waals surface area (Å²) in [5.74, 6) is -1.87. The number of aliphatic carboxylic acids is 1. The van der Waals surface area contributed by atoms with Crippen LogP contribution in [0.2, 0.25) is 0 Å². The average Bonchev–Trinajstić information content (AvgIpc) is 3.52. The fourth-order valence-electron chi connectivity index (χ4n) is 3.37. The van der Waals surface area contributed by atoms with Crippen LogP contribution in [0.25, 0.3) is 11.1 Å². The lowest BCUT2D eigenvalue weighted by Crippen LogP contribution is -2.43. The summed E-state index contributed by atoms with van der Waals surface area (Å²) in [6.45, 7) is 2.76. The van der Waals surface area contributed by atoms with E-state index in [1.54, 1.807) is 17.5 Å². The first-order valence-corrected chi connectivity index (χ1v) is 12.4. The Morgan fingerprint density at radius 2 is 1.94 bits per heavy atom. The molecule has 1 aliphatic heterocycles. The third-order valence-electron chi connectivity index (χ3n) is 5.34. The number of benzene rings is 1. The van der Waals surface area contributed by atoms with Crippen LogP contribution in [0.15, 0.2) is 29.6 Å². The van der Waals surface area contributed by atoms with E-state index in [0.29, 0.717) is 47.6 Å². The fourth-order valence-corrected chi connectivity index (χ4v) is 4.19. The molecule has 1 unspecified atom stereocenters. The molecular weight excluding hydrogens is 475 g/mol. The summed E-state index contributed by atoms with van der Waals surface area (Å²) in [7, 11) is 3.61. The highest BCUT2D eigenvalue weighted by Crippen LogP contribution is 2.29. The van der Waals surface area contributed by atoms with E-state index >= 15 is 0 Å². The average molecular weight is 509 g/mol. The number of carboxylic acid groups (broad SMARTS) is 1. The van der Waals surface area contributed by atoms with E-state index < -0.39 is 23.7 Å². The van der Waals surface area contributed by atoms with E-state index in [-0.39, 0.29) is 6.61 Å². The molecule has 0 bridgehead atoms. The molecular formula is C25H33FN2O6S. The van der Waals surface area contributed by atoms with Crippen molar-refractivity contribution in [1.29, 1.82) is 0 Å². The lowest BCUT2D eigenvalue weighted by molar-refractivity contribution is -0.140. The van der Waals surface area contributed by atoms with Crippen molar-refractivity contribution >= 4 is 29.5 Å². The van der Waals surface area contributed by atoms with E-state index in [1.807, 2.05) is 0 Å². The largest absolute Gasteiger partial charge is 0.497 e. The number of rotatable bonds is 12. The van der Waals surface area contributed by atoms with Gasteiger partial charge in [-0.1, -0.05) is 0 Å². The molecule has 1 atom stereocenters. The van der Waals surface area contributed by atoms with Crippen LogP contribution in [0.4, 0.5) is 4.39 Å². The number of ether oxygens (including phenoxy) is 2. The number of amides is 1. The van der Waals surface area contributed by atoms with Crippen LogP contribution in [0.3, 0.4) is 0 Å². The number of carbonyl (C=O) groups is 3. The fraction of sp³-hybridized carbons (Fsp3) is 0.480. The highest BCUT2D eigenvalue weighted by molar-refractivity contribution is 7.12. The SMILES string of the molecule is CN1CCCC1.COc1cc(F)cc(-c2csc(C(=O)NC(COCCCCC=O)C(=O)O)c2)c1. The molecule has 0 saturated carbocycles. The molecule has 8 nitrogen and oxygen atoms in total. The first-order valence-electron chi connectivity index (χ1n) is 11.5. The zero-order chi connectivity index (χ0) is 25.6. The minimum absolute atomic E-state index is 0.179. The monoisotopic (exact) mass is 508 g/mol. The molecule has 10 heteroatoms. The van der Waals surface area contributed by atoms with Gasteiger partial charge in [0.15, 0.2) is 6.04 Å². The summed E-state index contributed by atoms with van der Waals surface area (Å²) in [6.07, 6.45) is 5.36. The Morgan fingerprint density at radius 3 is 2.54 bits per heavy atom. The summed E-state index contributed by atoms with van der Waals surface area (Å²) >= 11 is 1.12. The Morgan fingerprint density at radius 1 is 1.20 bits per heavy atom. The van der Waals surface area contributed by atoms with Crippen LogP contribution in [0.5, 0.6) is 5.75 Å². The highest BCUT2D eigenvalue weighted by atomic mass is 32.1. The van der Waals surface area contributed by atoms with Crippen LogP contribution < -0.4 is 10.1 Å². The van der Waals surface area contributed by atoms with Crippen molar-refractivity contribution < 1.29 is 33.4 Å². The number of likely N-dealkylation sites (tertiary alicyclic amines) is 1. The number of hydrogen-bond acceptors (Lipinski definition) is 7. The molecule has 192 valence electrons. The summed E-state index contributed by atoms with van der Waals surface area (Å²) in [5.41, 5.74) is 1.17. The Hall–Kier alpha value is -2.82. The van der Waals surface area contributed by atoms with Gasteiger partial charge in [-0.25, -0.2) is 9.18 Å². The molecule has 0 aliphatic carbocycles. The van der Waals surface area contributed by atoms with Gasteiger partial charge in [-0.05, 0) is 80.5 Å². The van der Waals surface area contributed by atoms with Gasteiger partial charge < -0.3 is 29.6 Å². The maximum Gasteiger partial charge on any atom is 0.328 e. The smallest absolute Gasteiger partial charge is 0.328 e. The number of carboxylic acids is 1. The topological polar surface area (TPSA) is 105 Å². The number of unbranched alkanes of at least 4 members (excludes halogenated alkanes) is 2. The van der Waals surface area contributed by atoms with Crippen LogP contribution in [-0.2, 0) is 14.3 Å². The molecule has 35 heavy (non-hydrogen) atoms. The molecule has 0 spiro atoms. The number of thiophene rings is 1. The summed E-state index contributed by atoms with van der Waals surface area (Å²) < 4.78 is 24.0. The van der Waals surface area contributed by atoms with Crippen molar-refractivity contribution in [2.75, 3.05) is 40.5 Å². The molecule has 1 aromatic heterocycles. The van der Waals surface area contributed by atoms with Gasteiger partial charge in [0.05, 0.1) is 18.6 Å². The lowest BCUT2D eigenvalue weighted by Gasteiger charge is -2.14. The summed E-state index contributed by atoms with van der Waals surface area (Å²) in [6, 6.07) is 4.58. The summed E-state index contributed by atoms with van der Waals surface area (Å²) in [4.78, 5) is 36.7. The van der Waals surface area contributed by atoms with E-state index in [1.165, 1.54) is 45.2 Å². The molecule has 2 N–H and O–H groups in total. The van der Waals surface area contributed by atoms with Gasteiger partial charge in [0.1, 0.15) is 17.9 Å². The predicted molar refractivity (Wildman–Crippen MR) is 133 cm³/mol. The molecule has 3 rings (SSSR count). The van der Waals surface area contributed by atoms with Gasteiger partial charge in [-0.15, -0.1) is 11.3 Å². The highest BCUT2D eigenvalue weighted by Gasteiger charge is 2.22. The van der Waals surface area contributed by atoms with E-state index in [4.69, 9.17) is 9.47 Å². The predicted octanol–water partition coefficient (Wildman–Crippen LogP) is 3.84. The molecule has 1 fully saturated rings. The number of nitrogens with zero attached hydrogens (tertiary/aromatic N) is 1. The van der Waals surface area contributed by atoms with Gasteiger partial charge in [-0.2, -0.15) is 0 Å². The number of carbonyl (C=O) groups excluding carboxylic acids is 2. The number of methoxy groups -OCH3 is 1. The van der Waals surface area contributed by atoms with Crippen molar-refractivity contribution in [3.05, 3.63) is 40.3 Å². The Labute approximate surface area is 209 Å². The Bertz CT molecular complexity index is 961. The minimum Gasteiger partial charge on any atom is -0.497 e. The molecule has 0 radical (unpaired) electrons. The van der Waals surface area contributed by atoms with Crippen LogP contribution in [0.1, 0.15) is 41.8 Å². The number of hydrogen-bond donors (Lipinski definition) is 2. The van der Waals surface area contributed by atoms with Crippen LogP contribution >= 0.6 is 11.3 Å². The van der Waals surface area contributed by atoms with E-state index in [2.05, 4.69) is 17.3 Å². The summed E-state index contributed by atoms with van der Waals surface area (Å²) in [5, 5.41) is 13.4. The molecule has 1 amide bonds. The van der Waals surface area contributed by atoms with Crippen molar-refractivity contribution in [3.8, 4) is 16.9 Å². The first kappa shape index (κ1) is 28.4. The lowest BCUT2D eigenvalue weighted by atomic mass is 10.1. The van der Waals surface area contributed by atoms with Gasteiger partial charge >= 0.3 is 5.97 Å². The Balaban J connectivity index is 0.000000625. The second kappa shape index (κ2) is 15.2. The van der Waals surface area contributed by atoms with Crippen molar-refractivity contribution in [2.45, 2.75) is 38.1 Å². The van der Waals surface area contributed by atoms with E-state index in [0.717, 1.165) is 17.6 Å². The van der Waals surface area contributed by atoms with E-state index in [9.17, 15) is 23.9 Å². The molecule has 1 aliphatic rings. The van der Waals surface area contributed by atoms with Gasteiger partial charge in [0, 0.05) is 19.1 Å². The van der Waals surface area contributed by atoms with Gasteiger partial charge in [0.25, 0.3) is 5.91 Å². The Kier molecular flexibility index (Phi) is 12.4. The quantitative estimate of drug-likeness (QED) is 0.331. The van der Waals surface area contributed by atoms with Gasteiger partial charge in [0.2, 0.25) is 0 Å². The second-order valence-electron chi connectivity index (χ2n) is 8.19. The number of nitrogens with one attached hydrogen (secondary N) is 1. The normalized spacial score (nSPS) is 14.0. The molecule has 2 heterocycles. The maximum atomic E-state index is 13.7. The minimum atomic E-state index is -1.21. The number of aldehydes is 1. The van der Waals surface area contributed by atoms with Crippen molar-refractivity contribution in [1.82, 2.24) is 10.2 Å². The third kappa shape index (κ3) is 10.1. The first-order chi connectivity index (χ1) is 16.8. The second-order valence-corrected chi connectivity index (χ2v) is 9.10. The van der Waals surface area contributed by atoms with Crippen LogP contribution in [0, 0.1) is 5.82 Å². The zero-order valence-electron chi connectivity index (χ0n) is 20.1. The molecule has 2 aromatic rings. The third-order valence-corrected chi connectivity index (χ3v) is 6.27. The van der Waals surface area contributed by atoms with Crippen LogP contribution in [-0.4, -0.2) is 74.7 Å². The van der Waals surface area contributed by atoms with Gasteiger partial charge in [-0.3, -0.25) is 4.79 Å².